The topological polar surface area (TPSA) is 110 Å². The lowest BCUT2D eigenvalue weighted by Gasteiger charge is -2.13. The number of cyclic esters (lactones) is 1. The number of nitrogens with zero attached hydrogens (tertiary/aromatic N) is 4. The zero-order chi connectivity index (χ0) is 20.9. The summed E-state index contributed by atoms with van der Waals surface area (Å²) >= 11 is 0. The van der Waals surface area contributed by atoms with Crippen molar-refractivity contribution in [2.75, 3.05) is 25.0 Å². The Bertz CT molecular complexity index is 965. The molecule has 10 nitrogen and oxygen atoms in total. The third kappa shape index (κ3) is 4.64. The average Bonchev–Trinajstić information content (AvgIpc) is 3.30. The van der Waals surface area contributed by atoms with Crippen LogP contribution in [0.25, 0.3) is 0 Å². The minimum Gasteiger partial charge on any atom is -0.448 e. The molecule has 1 aromatic heterocycles. The number of ether oxygens (including phenoxy) is 1. The Hall–Kier alpha value is -3.30. The Balaban J connectivity index is 1.19. The highest BCUT2D eigenvalue weighted by molar-refractivity contribution is 5.89. The van der Waals surface area contributed by atoms with E-state index < -0.39 is 0 Å². The van der Waals surface area contributed by atoms with E-state index in [1.807, 2.05) is 12.1 Å². The van der Waals surface area contributed by atoms with Crippen molar-refractivity contribution in [1.29, 1.82) is 0 Å². The van der Waals surface area contributed by atoms with Gasteiger partial charge in [-0.25, -0.2) is 19.1 Å². The summed E-state index contributed by atoms with van der Waals surface area (Å²) in [6, 6.07) is 7.03. The molecule has 3 heterocycles. The van der Waals surface area contributed by atoms with Crippen molar-refractivity contribution >= 4 is 17.8 Å². The van der Waals surface area contributed by atoms with Gasteiger partial charge in [0.25, 0.3) is 0 Å². The van der Waals surface area contributed by atoms with Crippen LogP contribution in [0.15, 0.2) is 29.1 Å². The molecule has 2 aromatic rings. The van der Waals surface area contributed by atoms with Crippen LogP contribution in [0.5, 0.6) is 0 Å². The van der Waals surface area contributed by atoms with E-state index in [0.29, 0.717) is 44.9 Å². The van der Waals surface area contributed by atoms with E-state index in [0.717, 1.165) is 37.2 Å². The molecule has 0 spiro atoms. The van der Waals surface area contributed by atoms with Crippen molar-refractivity contribution in [3.8, 4) is 0 Å². The van der Waals surface area contributed by atoms with Crippen LogP contribution >= 0.6 is 0 Å². The number of hydrogen-bond donors (Lipinski definition) is 2. The summed E-state index contributed by atoms with van der Waals surface area (Å²) in [7, 11) is 0. The Labute approximate surface area is 173 Å². The molecular formula is C20H26N6O4. The van der Waals surface area contributed by atoms with Crippen molar-refractivity contribution in [2.45, 2.75) is 45.3 Å². The smallest absolute Gasteiger partial charge is 0.410 e. The van der Waals surface area contributed by atoms with E-state index in [1.54, 1.807) is 21.6 Å². The number of rotatable bonds is 7. The van der Waals surface area contributed by atoms with Gasteiger partial charge in [0.1, 0.15) is 12.4 Å². The Morgan fingerprint density at radius 2 is 1.97 bits per heavy atom. The minimum atomic E-state index is -0.303. The molecule has 2 N–H and O–H groups in total. The van der Waals surface area contributed by atoms with Crippen LogP contribution in [-0.2, 0) is 30.8 Å². The molecule has 4 rings (SSSR count). The molecule has 1 aromatic carbocycles. The van der Waals surface area contributed by atoms with E-state index in [4.69, 9.17) is 4.74 Å². The van der Waals surface area contributed by atoms with Crippen molar-refractivity contribution < 1.29 is 14.3 Å². The van der Waals surface area contributed by atoms with Crippen molar-refractivity contribution in [1.82, 2.24) is 24.6 Å². The van der Waals surface area contributed by atoms with Crippen LogP contribution in [0.1, 0.15) is 30.7 Å². The lowest BCUT2D eigenvalue weighted by Crippen LogP contribution is -2.31. The maximum Gasteiger partial charge on any atom is 0.410 e. The van der Waals surface area contributed by atoms with Gasteiger partial charge in [0, 0.05) is 38.3 Å². The van der Waals surface area contributed by atoms with Crippen LogP contribution in [-0.4, -0.2) is 51.1 Å². The average molecular weight is 414 g/mol. The molecule has 0 bridgehead atoms. The van der Waals surface area contributed by atoms with Gasteiger partial charge in [0.2, 0.25) is 0 Å². The highest BCUT2D eigenvalue weighted by Crippen LogP contribution is 2.14. The molecule has 0 radical (unpaired) electrons. The number of amides is 3. The number of carbonyl (C=O) groups is 2. The molecule has 10 heteroatoms. The lowest BCUT2D eigenvalue weighted by atomic mass is 10.2. The second-order valence-electron chi connectivity index (χ2n) is 7.50. The second-order valence-corrected chi connectivity index (χ2v) is 7.50. The lowest BCUT2D eigenvalue weighted by molar-refractivity contribution is 0.157. The highest BCUT2D eigenvalue weighted by atomic mass is 16.6. The van der Waals surface area contributed by atoms with Crippen molar-refractivity contribution in [3.63, 3.8) is 0 Å². The van der Waals surface area contributed by atoms with E-state index in [9.17, 15) is 14.4 Å². The van der Waals surface area contributed by atoms with Crippen LogP contribution < -0.4 is 16.3 Å². The highest BCUT2D eigenvalue weighted by Gasteiger charge is 2.21. The number of carbonyl (C=O) groups excluding carboxylic acids is 2. The summed E-state index contributed by atoms with van der Waals surface area (Å²) < 4.78 is 8.16. The van der Waals surface area contributed by atoms with Crippen LogP contribution in [0.2, 0.25) is 0 Å². The first kappa shape index (κ1) is 20.0. The van der Waals surface area contributed by atoms with E-state index in [1.165, 1.54) is 4.68 Å². The quantitative estimate of drug-likeness (QED) is 0.668. The number of aryl methyl sites for hydroxylation is 2. The monoisotopic (exact) mass is 414 g/mol. The maximum absolute atomic E-state index is 12.3. The number of urea groups is 1. The predicted octanol–water partition coefficient (Wildman–Crippen LogP) is 1.55. The summed E-state index contributed by atoms with van der Waals surface area (Å²) in [5, 5.41) is 9.96. The first-order chi connectivity index (χ1) is 14.6. The zero-order valence-corrected chi connectivity index (χ0v) is 16.8. The van der Waals surface area contributed by atoms with Gasteiger partial charge in [-0.05, 0) is 37.0 Å². The van der Waals surface area contributed by atoms with E-state index >= 15 is 0 Å². The fourth-order valence-corrected chi connectivity index (χ4v) is 3.68. The molecule has 0 saturated carbocycles. The third-order valence-corrected chi connectivity index (χ3v) is 5.29. The fraction of sp³-hybridized carbons (Fsp3) is 0.500. The molecule has 1 saturated heterocycles. The predicted molar refractivity (Wildman–Crippen MR) is 109 cm³/mol. The number of nitrogens with one attached hydrogen (secondary N) is 2. The first-order valence-corrected chi connectivity index (χ1v) is 10.3. The number of anilines is 1. The van der Waals surface area contributed by atoms with Crippen LogP contribution in [0, 0.1) is 0 Å². The molecule has 2 aliphatic rings. The SMILES string of the molecule is O=C(NCCCn1nc2n(c1=O)CCCC2)Nc1ccc(CN2CCOC2=O)cc1. The molecule has 160 valence electrons. The van der Waals surface area contributed by atoms with Crippen molar-refractivity contribution in [2.24, 2.45) is 0 Å². The normalized spacial score (nSPS) is 15.6. The molecule has 1 fully saturated rings. The van der Waals surface area contributed by atoms with Gasteiger partial charge in [-0.2, -0.15) is 5.10 Å². The summed E-state index contributed by atoms with van der Waals surface area (Å²) in [5.74, 6) is 0.863. The first-order valence-electron chi connectivity index (χ1n) is 10.3. The van der Waals surface area contributed by atoms with Gasteiger partial charge < -0.3 is 20.3 Å². The summed E-state index contributed by atoms with van der Waals surface area (Å²) in [6.07, 6.45) is 3.27. The largest absolute Gasteiger partial charge is 0.448 e. The van der Waals surface area contributed by atoms with Crippen LogP contribution in [0.4, 0.5) is 15.3 Å². The van der Waals surface area contributed by atoms with E-state index in [2.05, 4.69) is 15.7 Å². The summed E-state index contributed by atoms with van der Waals surface area (Å²) in [6.45, 7) is 3.17. The van der Waals surface area contributed by atoms with Crippen molar-refractivity contribution in [3.05, 3.63) is 46.1 Å². The molecular weight excluding hydrogens is 388 g/mol. The number of aromatic nitrogens is 3. The fourth-order valence-electron chi connectivity index (χ4n) is 3.68. The molecule has 30 heavy (non-hydrogen) atoms. The molecule has 0 aliphatic carbocycles. The molecule has 0 atom stereocenters. The Morgan fingerprint density at radius 3 is 2.70 bits per heavy atom. The van der Waals surface area contributed by atoms with Gasteiger partial charge in [-0.1, -0.05) is 12.1 Å². The minimum absolute atomic E-state index is 0.0589. The van der Waals surface area contributed by atoms with Crippen LogP contribution in [0.3, 0.4) is 0 Å². The third-order valence-electron chi connectivity index (χ3n) is 5.29. The Morgan fingerprint density at radius 1 is 1.13 bits per heavy atom. The standard InChI is InChI=1S/C20H26N6O4/c27-18(21-9-3-11-26-19(28)25-10-2-1-4-17(25)23-26)22-16-7-5-15(6-8-16)14-24-12-13-30-20(24)29/h5-8H,1-4,9-14H2,(H2,21,22,27). The van der Waals surface area contributed by atoms with Gasteiger partial charge >= 0.3 is 17.8 Å². The van der Waals surface area contributed by atoms with Gasteiger partial charge in [-0.15, -0.1) is 0 Å². The molecule has 2 aliphatic heterocycles. The van der Waals surface area contributed by atoms with E-state index in [-0.39, 0.29) is 17.8 Å². The summed E-state index contributed by atoms with van der Waals surface area (Å²) in [4.78, 5) is 37.5. The molecule has 0 unspecified atom stereocenters. The number of fused-ring (bicyclic) bond motifs is 1. The summed E-state index contributed by atoms with van der Waals surface area (Å²) in [5.41, 5.74) is 1.57. The van der Waals surface area contributed by atoms with Gasteiger partial charge in [-0.3, -0.25) is 4.57 Å². The van der Waals surface area contributed by atoms with Gasteiger partial charge in [0.05, 0.1) is 6.54 Å². The Kier molecular flexibility index (Phi) is 6.01. The van der Waals surface area contributed by atoms with Gasteiger partial charge in [0.15, 0.2) is 0 Å². The second kappa shape index (κ2) is 9.02. The molecule has 3 amide bonds. The number of hydrogen-bond acceptors (Lipinski definition) is 5. The number of benzene rings is 1. The maximum atomic E-state index is 12.3. The zero-order valence-electron chi connectivity index (χ0n) is 16.8.